The number of terminal acetylenes is 1. The summed E-state index contributed by atoms with van der Waals surface area (Å²) in [7, 11) is 3.19. The highest BCUT2D eigenvalue weighted by Crippen LogP contribution is 2.20. The number of benzene rings is 1. The lowest BCUT2D eigenvalue weighted by atomic mass is 10.2. The molecule has 0 aliphatic heterocycles. The van der Waals surface area contributed by atoms with Gasteiger partial charge in [-0.2, -0.15) is 4.99 Å². The zero-order valence-electron chi connectivity index (χ0n) is 13.6. The van der Waals surface area contributed by atoms with Crippen molar-refractivity contribution in [3.63, 3.8) is 0 Å². The molecule has 0 saturated carbocycles. The van der Waals surface area contributed by atoms with Crippen LogP contribution < -0.4 is 9.54 Å². The third kappa shape index (κ3) is 2.84. The molecule has 0 aliphatic rings. The summed E-state index contributed by atoms with van der Waals surface area (Å²) in [5.74, 6) is 2.46. The first-order chi connectivity index (χ1) is 11.5. The van der Waals surface area contributed by atoms with E-state index in [1.807, 2.05) is 23.6 Å². The molecule has 0 spiro atoms. The fourth-order valence-corrected chi connectivity index (χ4v) is 3.55. The first-order valence-electron chi connectivity index (χ1n) is 7.23. The molecule has 2 heterocycles. The molecule has 122 valence electrons. The quantitative estimate of drug-likeness (QED) is 0.686. The van der Waals surface area contributed by atoms with Gasteiger partial charge in [0, 0.05) is 13.2 Å². The van der Waals surface area contributed by atoms with Gasteiger partial charge in [0.1, 0.15) is 5.56 Å². The lowest BCUT2D eigenvalue weighted by molar-refractivity contribution is 0.0995. The number of aryl methyl sites for hydroxylation is 2. The molecule has 0 N–H and O–H groups in total. The van der Waals surface area contributed by atoms with Crippen molar-refractivity contribution in [1.82, 2.24) is 14.3 Å². The second kappa shape index (κ2) is 6.34. The summed E-state index contributed by atoms with van der Waals surface area (Å²) in [5.41, 5.74) is 2.43. The number of ether oxygens (including phenoxy) is 1. The van der Waals surface area contributed by atoms with E-state index in [1.54, 1.807) is 13.2 Å². The maximum absolute atomic E-state index is 12.5. The Morgan fingerprint density at radius 1 is 1.50 bits per heavy atom. The number of amides is 1. The molecule has 0 bridgehead atoms. The number of thiazole rings is 1. The number of methoxy groups -OCH3 is 1. The molecule has 6 nitrogen and oxygen atoms in total. The largest absolute Gasteiger partial charge is 0.479 e. The van der Waals surface area contributed by atoms with Crippen LogP contribution in [0.5, 0.6) is 5.88 Å². The van der Waals surface area contributed by atoms with E-state index in [1.165, 1.54) is 23.1 Å². The topological polar surface area (TPSA) is 61.4 Å². The van der Waals surface area contributed by atoms with Gasteiger partial charge in [0.15, 0.2) is 4.80 Å². The zero-order chi connectivity index (χ0) is 17.3. The number of hydrogen-bond acceptors (Lipinski definition) is 4. The van der Waals surface area contributed by atoms with Gasteiger partial charge in [0.2, 0.25) is 5.88 Å². The molecule has 0 fully saturated rings. The summed E-state index contributed by atoms with van der Waals surface area (Å²) >= 11 is 1.43. The van der Waals surface area contributed by atoms with Crippen LogP contribution >= 0.6 is 11.3 Å². The van der Waals surface area contributed by atoms with Gasteiger partial charge >= 0.3 is 0 Å². The Bertz CT molecular complexity index is 1030. The maximum Gasteiger partial charge on any atom is 0.286 e. The van der Waals surface area contributed by atoms with E-state index in [0.717, 1.165) is 15.8 Å². The van der Waals surface area contributed by atoms with Gasteiger partial charge < -0.3 is 9.30 Å². The predicted octanol–water partition coefficient (Wildman–Crippen LogP) is 2.13. The number of nitrogens with zero attached hydrogens (tertiary/aromatic N) is 4. The second-order valence-corrected chi connectivity index (χ2v) is 6.30. The summed E-state index contributed by atoms with van der Waals surface area (Å²) in [4.78, 5) is 17.4. The van der Waals surface area contributed by atoms with Gasteiger partial charge in [0.05, 0.1) is 23.9 Å². The van der Waals surface area contributed by atoms with E-state index in [2.05, 4.69) is 22.1 Å². The van der Waals surface area contributed by atoms with E-state index in [-0.39, 0.29) is 5.88 Å². The summed E-state index contributed by atoms with van der Waals surface area (Å²) in [6.45, 7) is 2.37. The van der Waals surface area contributed by atoms with Crippen molar-refractivity contribution >= 4 is 27.5 Å². The Kier molecular flexibility index (Phi) is 4.23. The van der Waals surface area contributed by atoms with Crippen LogP contribution in [0, 0.1) is 19.3 Å². The van der Waals surface area contributed by atoms with Crippen molar-refractivity contribution in [2.75, 3.05) is 7.11 Å². The van der Waals surface area contributed by atoms with Crippen molar-refractivity contribution in [3.05, 3.63) is 40.3 Å². The second-order valence-electron chi connectivity index (χ2n) is 5.29. The molecule has 0 atom stereocenters. The summed E-state index contributed by atoms with van der Waals surface area (Å²) in [6.07, 6.45) is 7.07. The average molecular weight is 340 g/mol. The van der Waals surface area contributed by atoms with Crippen LogP contribution in [0.25, 0.3) is 10.2 Å². The Hall–Kier alpha value is -2.85. The van der Waals surface area contributed by atoms with Crippen LogP contribution in [0.3, 0.4) is 0 Å². The summed E-state index contributed by atoms with van der Waals surface area (Å²) in [6, 6.07) is 6.06. The molecule has 0 aliphatic carbocycles. The molecular formula is C17H16N4O2S. The smallest absolute Gasteiger partial charge is 0.286 e. The monoisotopic (exact) mass is 340 g/mol. The van der Waals surface area contributed by atoms with E-state index in [4.69, 9.17) is 11.2 Å². The Labute approximate surface area is 143 Å². The van der Waals surface area contributed by atoms with E-state index >= 15 is 0 Å². The Morgan fingerprint density at radius 3 is 3.00 bits per heavy atom. The first kappa shape index (κ1) is 16.0. The third-order valence-electron chi connectivity index (χ3n) is 3.50. The number of rotatable bonds is 3. The minimum Gasteiger partial charge on any atom is -0.479 e. The number of carbonyl (C=O) groups excluding carboxylic acids is 1. The molecule has 3 aromatic rings. The normalized spacial score (nSPS) is 11.7. The van der Waals surface area contributed by atoms with Crippen LogP contribution in [0.15, 0.2) is 29.4 Å². The van der Waals surface area contributed by atoms with Crippen LogP contribution in [-0.2, 0) is 13.6 Å². The van der Waals surface area contributed by atoms with Crippen LogP contribution in [0.1, 0.15) is 15.9 Å². The van der Waals surface area contributed by atoms with Crippen molar-refractivity contribution < 1.29 is 9.53 Å². The lowest BCUT2D eigenvalue weighted by Gasteiger charge is -2.00. The van der Waals surface area contributed by atoms with Gasteiger partial charge in [0.25, 0.3) is 5.91 Å². The van der Waals surface area contributed by atoms with Crippen molar-refractivity contribution in [1.29, 1.82) is 0 Å². The molecule has 1 aromatic carbocycles. The first-order valence-corrected chi connectivity index (χ1v) is 8.05. The van der Waals surface area contributed by atoms with Crippen molar-refractivity contribution in [2.45, 2.75) is 13.5 Å². The minimum absolute atomic E-state index is 0.256. The van der Waals surface area contributed by atoms with Crippen molar-refractivity contribution in [3.8, 4) is 18.2 Å². The number of carbonyl (C=O) groups is 1. The number of hydrogen-bond donors (Lipinski definition) is 0. The molecular weight excluding hydrogens is 324 g/mol. The van der Waals surface area contributed by atoms with Gasteiger partial charge in [-0.3, -0.25) is 9.48 Å². The van der Waals surface area contributed by atoms with Crippen LogP contribution in [0.4, 0.5) is 0 Å². The molecule has 3 rings (SSSR count). The van der Waals surface area contributed by atoms with Crippen LogP contribution in [0.2, 0.25) is 0 Å². The lowest BCUT2D eigenvalue weighted by Crippen LogP contribution is -2.16. The van der Waals surface area contributed by atoms with E-state index in [0.29, 0.717) is 16.9 Å². The van der Waals surface area contributed by atoms with Crippen molar-refractivity contribution in [2.24, 2.45) is 12.0 Å². The zero-order valence-corrected chi connectivity index (χ0v) is 14.4. The third-order valence-corrected chi connectivity index (χ3v) is 4.54. The molecule has 1 amide bonds. The molecule has 0 unspecified atom stereocenters. The SMILES string of the molecule is C#CCn1c(=NC(=O)c2cn(C)nc2OC)sc2cc(C)ccc21. The fourth-order valence-electron chi connectivity index (χ4n) is 2.42. The maximum atomic E-state index is 12.5. The highest BCUT2D eigenvalue weighted by Gasteiger charge is 2.16. The Balaban J connectivity index is 2.17. The van der Waals surface area contributed by atoms with E-state index in [9.17, 15) is 4.79 Å². The summed E-state index contributed by atoms with van der Waals surface area (Å²) in [5, 5.41) is 4.08. The molecule has 24 heavy (non-hydrogen) atoms. The Morgan fingerprint density at radius 2 is 2.29 bits per heavy atom. The fraction of sp³-hybridized carbons (Fsp3) is 0.235. The molecule has 0 radical (unpaired) electrons. The highest BCUT2D eigenvalue weighted by atomic mass is 32.1. The molecule has 0 saturated heterocycles. The average Bonchev–Trinajstić information content (AvgIpc) is 3.08. The van der Waals surface area contributed by atoms with Gasteiger partial charge in [-0.15, -0.1) is 11.5 Å². The number of fused-ring (bicyclic) bond motifs is 1. The highest BCUT2D eigenvalue weighted by molar-refractivity contribution is 7.16. The van der Waals surface area contributed by atoms with Gasteiger partial charge in [-0.05, 0) is 24.6 Å². The standard InChI is InChI=1S/C17H16N4O2S/c1-5-8-21-13-7-6-11(2)9-14(13)24-17(21)18-15(22)12-10-20(3)19-16(12)23-4/h1,6-7,9-10H,8H2,2-4H3. The van der Waals surface area contributed by atoms with Gasteiger partial charge in [-0.1, -0.05) is 23.3 Å². The number of aromatic nitrogens is 3. The molecule has 2 aromatic heterocycles. The van der Waals surface area contributed by atoms with E-state index < -0.39 is 5.91 Å². The minimum atomic E-state index is -0.408. The van der Waals surface area contributed by atoms with Crippen LogP contribution in [-0.4, -0.2) is 27.4 Å². The molecule has 7 heteroatoms. The van der Waals surface area contributed by atoms with Gasteiger partial charge in [-0.25, -0.2) is 0 Å². The summed E-state index contributed by atoms with van der Waals surface area (Å²) < 4.78 is 9.55. The predicted molar refractivity (Wildman–Crippen MR) is 93.0 cm³/mol.